The molecule has 0 fully saturated rings. The Kier molecular flexibility index (Phi) is 4.09. The summed E-state index contributed by atoms with van der Waals surface area (Å²) in [5.74, 6) is -0.573. The van der Waals surface area contributed by atoms with E-state index in [1.165, 1.54) is 12.4 Å². The Bertz CT molecular complexity index is 702. The van der Waals surface area contributed by atoms with Crippen molar-refractivity contribution < 1.29 is 9.18 Å². The largest absolute Gasteiger partial charge is 0.322 e. The average molecular weight is 298 g/mol. The van der Waals surface area contributed by atoms with Gasteiger partial charge in [0.15, 0.2) is 0 Å². The summed E-state index contributed by atoms with van der Waals surface area (Å²) >= 11 is 0. The van der Waals surface area contributed by atoms with Crippen LogP contribution in [-0.2, 0) is 0 Å². The SMILES string of the molecule is O=C(Nc1ccccc1)N1CC=C(c2nccnc2F)CC1. The summed E-state index contributed by atoms with van der Waals surface area (Å²) in [5, 5.41) is 2.83. The zero-order valence-corrected chi connectivity index (χ0v) is 11.9. The number of carbonyl (C=O) groups excluding carboxylic acids is 1. The lowest BCUT2D eigenvalue weighted by molar-refractivity contribution is 0.217. The number of halogens is 1. The van der Waals surface area contributed by atoms with Gasteiger partial charge in [0.05, 0.1) is 0 Å². The molecule has 0 unspecified atom stereocenters. The predicted octanol–water partition coefficient (Wildman–Crippen LogP) is 2.94. The molecule has 1 aromatic carbocycles. The maximum absolute atomic E-state index is 13.6. The van der Waals surface area contributed by atoms with Crippen molar-refractivity contribution in [1.82, 2.24) is 14.9 Å². The molecule has 0 bridgehead atoms. The van der Waals surface area contributed by atoms with E-state index >= 15 is 0 Å². The number of nitrogens with one attached hydrogen (secondary N) is 1. The molecule has 112 valence electrons. The van der Waals surface area contributed by atoms with E-state index in [1.807, 2.05) is 36.4 Å². The number of hydrogen-bond acceptors (Lipinski definition) is 3. The average Bonchev–Trinajstić information content (AvgIpc) is 2.56. The first-order chi connectivity index (χ1) is 10.7. The van der Waals surface area contributed by atoms with Crippen LogP contribution in [0, 0.1) is 5.95 Å². The van der Waals surface area contributed by atoms with Crippen molar-refractivity contribution in [3.05, 3.63) is 60.4 Å². The van der Waals surface area contributed by atoms with Crippen molar-refractivity contribution in [2.45, 2.75) is 6.42 Å². The van der Waals surface area contributed by atoms with Crippen LogP contribution in [0.5, 0.6) is 0 Å². The van der Waals surface area contributed by atoms with Gasteiger partial charge in [-0.1, -0.05) is 24.3 Å². The first kappa shape index (κ1) is 14.2. The molecule has 1 aliphatic heterocycles. The second kappa shape index (κ2) is 6.34. The van der Waals surface area contributed by atoms with E-state index in [9.17, 15) is 9.18 Å². The summed E-state index contributed by atoms with van der Waals surface area (Å²) in [5.41, 5.74) is 1.81. The van der Waals surface area contributed by atoms with Crippen LogP contribution in [0.15, 0.2) is 48.8 Å². The Morgan fingerprint density at radius 2 is 1.95 bits per heavy atom. The summed E-state index contributed by atoms with van der Waals surface area (Å²) in [6, 6.07) is 9.11. The topological polar surface area (TPSA) is 58.1 Å². The molecule has 0 aliphatic carbocycles. The van der Waals surface area contributed by atoms with Crippen LogP contribution in [0.25, 0.3) is 5.57 Å². The number of benzene rings is 1. The standard InChI is InChI=1S/C16H15FN4O/c17-15-14(18-8-9-19-15)12-6-10-21(11-7-12)16(22)20-13-4-2-1-3-5-13/h1-6,8-9H,7,10-11H2,(H,20,22). The predicted molar refractivity (Wildman–Crippen MR) is 81.6 cm³/mol. The Morgan fingerprint density at radius 3 is 2.64 bits per heavy atom. The number of rotatable bonds is 2. The minimum absolute atomic E-state index is 0.166. The van der Waals surface area contributed by atoms with Gasteiger partial charge in [-0.3, -0.25) is 4.98 Å². The summed E-state index contributed by atoms with van der Waals surface area (Å²) in [6.45, 7) is 0.935. The van der Waals surface area contributed by atoms with Crippen molar-refractivity contribution >= 4 is 17.3 Å². The number of amides is 2. The molecule has 22 heavy (non-hydrogen) atoms. The molecule has 3 rings (SSSR count). The van der Waals surface area contributed by atoms with Crippen LogP contribution < -0.4 is 5.32 Å². The molecule has 1 aliphatic rings. The second-order valence-electron chi connectivity index (χ2n) is 4.92. The molecule has 0 saturated heterocycles. The van der Waals surface area contributed by atoms with Gasteiger partial charge in [-0.05, 0) is 24.1 Å². The lowest BCUT2D eigenvalue weighted by Gasteiger charge is -2.26. The van der Waals surface area contributed by atoms with Crippen LogP contribution in [0.2, 0.25) is 0 Å². The van der Waals surface area contributed by atoms with Crippen LogP contribution in [0.3, 0.4) is 0 Å². The van der Waals surface area contributed by atoms with Gasteiger partial charge in [0, 0.05) is 31.2 Å². The minimum atomic E-state index is -0.573. The van der Waals surface area contributed by atoms with E-state index in [0.717, 1.165) is 11.3 Å². The van der Waals surface area contributed by atoms with Gasteiger partial charge < -0.3 is 10.2 Å². The van der Waals surface area contributed by atoms with Gasteiger partial charge in [0.1, 0.15) is 5.69 Å². The number of para-hydroxylation sites is 1. The van der Waals surface area contributed by atoms with Crippen LogP contribution in [-0.4, -0.2) is 34.0 Å². The highest BCUT2D eigenvalue weighted by Gasteiger charge is 2.20. The summed E-state index contributed by atoms with van der Waals surface area (Å²) in [4.78, 5) is 21.4. The van der Waals surface area contributed by atoms with Gasteiger partial charge in [-0.15, -0.1) is 0 Å². The molecule has 2 heterocycles. The Morgan fingerprint density at radius 1 is 1.18 bits per heavy atom. The Balaban J connectivity index is 1.66. The normalized spacial score (nSPS) is 14.4. The van der Waals surface area contributed by atoms with Gasteiger partial charge in [-0.25, -0.2) is 9.78 Å². The number of aromatic nitrogens is 2. The molecule has 0 radical (unpaired) electrons. The van der Waals surface area contributed by atoms with E-state index < -0.39 is 5.95 Å². The highest BCUT2D eigenvalue weighted by atomic mass is 19.1. The van der Waals surface area contributed by atoms with Crippen molar-refractivity contribution in [2.75, 3.05) is 18.4 Å². The van der Waals surface area contributed by atoms with Crippen molar-refractivity contribution in [2.24, 2.45) is 0 Å². The van der Waals surface area contributed by atoms with E-state index in [-0.39, 0.29) is 11.7 Å². The molecule has 0 atom stereocenters. The fraction of sp³-hybridized carbons (Fsp3) is 0.188. The quantitative estimate of drug-likeness (QED) is 0.927. The van der Waals surface area contributed by atoms with Crippen LogP contribution >= 0.6 is 0 Å². The smallest absolute Gasteiger partial charge is 0.320 e. The third kappa shape index (κ3) is 3.11. The van der Waals surface area contributed by atoms with Crippen LogP contribution in [0.1, 0.15) is 12.1 Å². The summed E-state index contributed by atoms with van der Waals surface area (Å²) in [7, 11) is 0. The Hall–Kier alpha value is -2.76. The number of anilines is 1. The maximum atomic E-state index is 13.6. The highest BCUT2D eigenvalue weighted by molar-refractivity contribution is 5.89. The number of hydrogen-bond donors (Lipinski definition) is 1. The van der Waals surface area contributed by atoms with Crippen molar-refractivity contribution in [3.63, 3.8) is 0 Å². The highest BCUT2D eigenvalue weighted by Crippen LogP contribution is 2.22. The fourth-order valence-electron chi connectivity index (χ4n) is 2.33. The zero-order chi connectivity index (χ0) is 15.4. The van der Waals surface area contributed by atoms with Gasteiger partial charge in [0.25, 0.3) is 0 Å². The van der Waals surface area contributed by atoms with E-state index in [1.54, 1.807) is 4.90 Å². The monoisotopic (exact) mass is 298 g/mol. The van der Waals surface area contributed by atoms with Crippen LogP contribution in [0.4, 0.5) is 14.9 Å². The molecular weight excluding hydrogens is 283 g/mol. The number of nitrogens with zero attached hydrogens (tertiary/aromatic N) is 3. The van der Waals surface area contributed by atoms with E-state index in [0.29, 0.717) is 19.5 Å². The Labute approximate surface area is 127 Å². The van der Waals surface area contributed by atoms with E-state index in [4.69, 9.17) is 0 Å². The molecule has 2 aromatic rings. The fourth-order valence-corrected chi connectivity index (χ4v) is 2.33. The molecule has 0 saturated carbocycles. The molecule has 0 spiro atoms. The van der Waals surface area contributed by atoms with Gasteiger partial charge in [-0.2, -0.15) is 4.39 Å². The maximum Gasteiger partial charge on any atom is 0.322 e. The second-order valence-corrected chi connectivity index (χ2v) is 4.92. The first-order valence-corrected chi connectivity index (χ1v) is 7.01. The lowest BCUT2D eigenvalue weighted by atomic mass is 10.1. The molecule has 6 heteroatoms. The third-order valence-corrected chi connectivity index (χ3v) is 3.48. The summed E-state index contributed by atoms with van der Waals surface area (Å²) in [6.07, 6.45) is 5.16. The number of urea groups is 1. The van der Waals surface area contributed by atoms with Gasteiger partial charge >= 0.3 is 6.03 Å². The summed E-state index contributed by atoms with van der Waals surface area (Å²) < 4.78 is 13.6. The zero-order valence-electron chi connectivity index (χ0n) is 11.9. The molecule has 1 aromatic heterocycles. The lowest BCUT2D eigenvalue weighted by Crippen LogP contribution is -2.38. The molecule has 5 nitrogen and oxygen atoms in total. The molecule has 1 N–H and O–H groups in total. The van der Waals surface area contributed by atoms with Gasteiger partial charge in [0.2, 0.25) is 5.95 Å². The number of carbonyl (C=O) groups is 1. The first-order valence-electron chi connectivity index (χ1n) is 7.01. The van der Waals surface area contributed by atoms with Crippen molar-refractivity contribution in [3.8, 4) is 0 Å². The third-order valence-electron chi connectivity index (χ3n) is 3.48. The molecular formula is C16H15FN4O. The minimum Gasteiger partial charge on any atom is -0.320 e. The van der Waals surface area contributed by atoms with E-state index in [2.05, 4.69) is 15.3 Å². The van der Waals surface area contributed by atoms with Crippen molar-refractivity contribution in [1.29, 1.82) is 0 Å². The molecule has 2 amide bonds.